The van der Waals surface area contributed by atoms with E-state index in [1.807, 2.05) is 0 Å². The number of carbonyl (C=O) groups excluding carboxylic acids is 4. The predicted molar refractivity (Wildman–Crippen MR) is 123 cm³/mol. The topological polar surface area (TPSA) is 184 Å². The summed E-state index contributed by atoms with van der Waals surface area (Å²) in [7, 11) is 0. The number of amides is 3. The first kappa shape index (κ1) is 25.6. The van der Waals surface area contributed by atoms with Gasteiger partial charge < -0.3 is 31.2 Å². The van der Waals surface area contributed by atoms with Crippen molar-refractivity contribution in [3.05, 3.63) is 59.9 Å². The number of ketones is 1. The van der Waals surface area contributed by atoms with E-state index in [9.17, 15) is 29.1 Å². The van der Waals surface area contributed by atoms with Crippen molar-refractivity contribution >= 4 is 29.5 Å². The van der Waals surface area contributed by atoms with Crippen LogP contribution in [-0.2, 0) is 29.5 Å². The largest absolute Gasteiger partial charge is 0.478 e. The van der Waals surface area contributed by atoms with Gasteiger partial charge in [0.1, 0.15) is 12.6 Å². The van der Waals surface area contributed by atoms with Gasteiger partial charge in [-0.15, -0.1) is 0 Å². The summed E-state index contributed by atoms with van der Waals surface area (Å²) in [4.78, 5) is 62.1. The highest BCUT2D eigenvalue weighted by Gasteiger charge is 2.56. The maximum atomic E-state index is 14.3. The number of nitrogens with zero attached hydrogens (tertiary/aromatic N) is 1. The first-order valence-electron chi connectivity index (χ1n) is 10.9. The molecule has 1 aliphatic heterocycles. The van der Waals surface area contributed by atoms with E-state index in [1.165, 1.54) is 23.0 Å². The Morgan fingerprint density at radius 1 is 1.11 bits per heavy atom. The summed E-state index contributed by atoms with van der Waals surface area (Å²) in [6, 6.07) is 8.61. The van der Waals surface area contributed by atoms with Crippen LogP contribution in [0, 0.1) is 5.41 Å². The molecule has 6 N–H and O–H groups in total. The number of carbonyl (C=O) groups is 5. The van der Waals surface area contributed by atoms with Gasteiger partial charge in [0, 0.05) is 24.2 Å². The van der Waals surface area contributed by atoms with Crippen LogP contribution >= 0.6 is 0 Å². The third-order valence-electron chi connectivity index (χ3n) is 6.29. The molecular formula is C24H28N4O7. The minimum atomic E-state index is -1.73. The van der Waals surface area contributed by atoms with Gasteiger partial charge >= 0.3 is 5.97 Å². The molecule has 0 bridgehead atoms. The van der Waals surface area contributed by atoms with Crippen molar-refractivity contribution in [3.63, 3.8) is 0 Å². The molecule has 1 saturated heterocycles. The molecule has 0 radical (unpaired) electrons. The van der Waals surface area contributed by atoms with Crippen molar-refractivity contribution in [1.82, 2.24) is 9.88 Å². The second-order valence-electron chi connectivity index (χ2n) is 9.15. The number of hydrogen-bond donors (Lipinski definition) is 4. The SMILES string of the molecule is CC(C)(CC(N)=O)C(C(=O)NC1C(=O)COC1CC(N)=O)(c1ccccc1)n1ccc(C(=O)O)c1. The number of nitrogens with two attached hydrogens (primary N) is 2. The lowest BCUT2D eigenvalue weighted by atomic mass is 9.65. The number of rotatable bonds is 10. The van der Waals surface area contributed by atoms with Crippen LogP contribution in [-0.4, -0.2) is 57.9 Å². The first-order valence-corrected chi connectivity index (χ1v) is 10.9. The lowest BCUT2D eigenvalue weighted by molar-refractivity contribution is -0.138. The van der Waals surface area contributed by atoms with Crippen molar-refractivity contribution < 1.29 is 33.8 Å². The van der Waals surface area contributed by atoms with E-state index in [2.05, 4.69) is 5.32 Å². The van der Waals surface area contributed by atoms with Gasteiger partial charge in [0.2, 0.25) is 11.8 Å². The molecule has 2 aromatic rings. The molecule has 0 saturated carbocycles. The normalized spacial score (nSPS) is 19.7. The zero-order valence-corrected chi connectivity index (χ0v) is 19.4. The number of carboxylic acid groups (broad SMARTS) is 1. The molecule has 1 aromatic carbocycles. The lowest BCUT2D eigenvalue weighted by Gasteiger charge is -2.47. The number of Topliss-reactive ketones (excluding diaryl/α,β-unsaturated/α-hetero) is 1. The molecule has 1 aromatic heterocycles. The van der Waals surface area contributed by atoms with Gasteiger partial charge in [0.15, 0.2) is 11.3 Å². The summed E-state index contributed by atoms with van der Waals surface area (Å²) in [6.45, 7) is 3.00. The molecule has 3 amide bonds. The molecule has 2 heterocycles. The van der Waals surface area contributed by atoms with Crippen LogP contribution in [0.2, 0.25) is 0 Å². The minimum absolute atomic E-state index is 0.0835. The van der Waals surface area contributed by atoms with Gasteiger partial charge in [-0.25, -0.2) is 4.79 Å². The maximum Gasteiger partial charge on any atom is 0.337 e. The van der Waals surface area contributed by atoms with Gasteiger partial charge in [-0.05, 0) is 11.6 Å². The lowest BCUT2D eigenvalue weighted by Crippen LogP contribution is -2.62. The predicted octanol–water partition coefficient (Wildman–Crippen LogP) is 0.160. The second kappa shape index (κ2) is 9.71. The van der Waals surface area contributed by atoms with E-state index in [0.29, 0.717) is 5.56 Å². The highest BCUT2D eigenvalue weighted by Crippen LogP contribution is 2.46. The summed E-state index contributed by atoms with van der Waals surface area (Å²) in [5.74, 6) is -3.75. The van der Waals surface area contributed by atoms with Crippen molar-refractivity contribution in [2.75, 3.05) is 6.61 Å². The molecule has 1 fully saturated rings. The van der Waals surface area contributed by atoms with Gasteiger partial charge in [-0.1, -0.05) is 44.2 Å². The second-order valence-corrected chi connectivity index (χ2v) is 9.15. The van der Waals surface area contributed by atoms with Crippen molar-refractivity contribution in [1.29, 1.82) is 0 Å². The fraction of sp³-hybridized carbons (Fsp3) is 0.375. The Bertz CT molecular complexity index is 1160. The van der Waals surface area contributed by atoms with Crippen molar-refractivity contribution in [2.45, 2.75) is 44.4 Å². The molecule has 3 atom stereocenters. The van der Waals surface area contributed by atoms with Crippen LogP contribution in [0.15, 0.2) is 48.8 Å². The van der Waals surface area contributed by atoms with Gasteiger partial charge in [0.25, 0.3) is 5.91 Å². The van der Waals surface area contributed by atoms with Crippen LogP contribution in [0.1, 0.15) is 42.6 Å². The van der Waals surface area contributed by atoms with E-state index < -0.39 is 52.6 Å². The van der Waals surface area contributed by atoms with E-state index in [0.717, 1.165) is 0 Å². The van der Waals surface area contributed by atoms with Crippen LogP contribution in [0.3, 0.4) is 0 Å². The van der Waals surface area contributed by atoms with Crippen molar-refractivity contribution in [3.8, 4) is 0 Å². The molecule has 0 spiro atoms. The average molecular weight is 485 g/mol. The smallest absolute Gasteiger partial charge is 0.337 e. The molecule has 0 aliphatic carbocycles. The summed E-state index contributed by atoms with van der Waals surface area (Å²) < 4.78 is 6.79. The molecule has 3 unspecified atom stereocenters. The summed E-state index contributed by atoms with van der Waals surface area (Å²) >= 11 is 0. The average Bonchev–Trinajstić information content (AvgIpc) is 3.37. The summed E-state index contributed by atoms with van der Waals surface area (Å²) in [5, 5.41) is 12.2. The van der Waals surface area contributed by atoms with Crippen LogP contribution in [0.4, 0.5) is 0 Å². The first-order chi connectivity index (χ1) is 16.4. The number of carboxylic acids is 1. The highest BCUT2D eigenvalue weighted by atomic mass is 16.5. The van der Waals surface area contributed by atoms with E-state index in [-0.39, 0.29) is 25.0 Å². The summed E-state index contributed by atoms with van der Waals surface area (Å²) in [6.07, 6.45) is 1.20. The number of primary amides is 2. The Morgan fingerprint density at radius 2 is 1.77 bits per heavy atom. The zero-order valence-electron chi connectivity index (χ0n) is 19.4. The number of aromatic nitrogens is 1. The Kier molecular flexibility index (Phi) is 7.11. The fourth-order valence-corrected chi connectivity index (χ4v) is 4.80. The third kappa shape index (κ3) is 4.80. The summed E-state index contributed by atoms with van der Waals surface area (Å²) in [5.41, 5.74) is 8.22. The molecule has 186 valence electrons. The number of nitrogens with one attached hydrogen (secondary N) is 1. The molecule has 11 heteroatoms. The molecule has 11 nitrogen and oxygen atoms in total. The fourth-order valence-electron chi connectivity index (χ4n) is 4.80. The Hall–Kier alpha value is -3.99. The Balaban J connectivity index is 2.23. The Morgan fingerprint density at radius 3 is 2.31 bits per heavy atom. The third-order valence-corrected chi connectivity index (χ3v) is 6.29. The van der Waals surface area contributed by atoms with Crippen molar-refractivity contribution in [2.24, 2.45) is 16.9 Å². The van der Waals surface area contributed by atoms with Crippen LogP contribution < -0.4 is 16.8 Å². The van der Waals surface area contributed by atoms with E-state index >= 15 is 0 Å². The quantitative estimate of drug-likeness (QED) is 0.370. The Labute approximate surface area is 201 Å². The zero-order chi connectivity index (χ0) is 26.0. The van der Waals surface area contributed by atoms with E-state index in [4.69, 9.17) is 16.2 Å². The standard InChI is InChI=1S/C24H28N4O7/c1-23(2,11-19(26)31)24(15-6-4-3-5-7-15,28-9-8-14(12-28)21(32)33)22(34)27-20-16(29)13-35-17(20)10-18(25)30/h3-9,12,17,20H,10-11,13H2,1-2H3,(H2,25,30)(H2,26,31)(H,27,34)(H,32,33). The molecule has 35 heavy (non-hydrogen) atoms. The highest BCUT2D eigenvalue weighted by molar-refractivity contribution is 5.97. The minimum Gasteiger partial charge on any atom is -0.478 e. The van der Waals surface area contributed by atoms with Crippen LogP contribution in [0.25, 0.3) is 0 Å². The molecule has 1 aliphatic rings. The molecular weight excluding hydrogens is 456 g/mol. The number of benzene rings is 1. The van der Waals surface area contributed by atoms with Gasteiger partial charge in [-0.2, -0.15) is 0 Å². The van der Waals surface area contributed by atoms with Crippen LogP contribution in [0.5, 0.6) is 0 Å². The van der Waals surface area contributed by atoms with Gasteiger partial charge in [0.05, 0.1) is 18.1 Å². The van der Waals surface area contributed by atoms with Gasteiger partial charge in [-0.3, -0.25) is 19.2 Å². The number of aromatic carboxylic acids is 1. The number of hydrogen-bond acceptors (Lipinski definition) is 6. The van der Waals surface area contributed by atoms with E-state index in [1.54, 1.807) is 44.2 Å². The monoisotopic (exact) mass is 484 g/mol. The maximum absolute atomic E-state index is 14.3. The number of ether oxygens (including phenoxy) is 1. The molecule has 3 rings (SSSR count).